The molecule has 2 heteroatoms. The second-order valence-corrected chi connectivity index (χ2v) is 6.45. The molecular formula is C14H23NS. The molecule has 0 bridgehead atoms. The third-order valence-electron chi connectivity index (χ3n) is 3.75. The van der Waals surface area contributed by atoms with Gasteiger partial charge in [-0.25, -0.2) is 0 Å². The molecule has 1 N–H and O–H groups in total. The molecule has 0 saturated heterocycles. The van der Waals surface area contributed by atoms with Crippen molar-refractivity contribution in [2.24, 2.45) is 5.92 Å². The van der Waals surface area contributed by atoms with Crippen molar-refractivity contribution < 1.29 is 0 Å². The highest BCUT2D eigenvalue weighted by atomic mass is 32.1. The average Bonchev–Trinajstić information content (AvgIpc) is 2.73. The van der Waals surface area contributed by atoms with Crippen molar-refractivity contribution in [3.8, 4) is 0 Å². The number of thiophene rings is 1. The Kier molecular flexibility index (Phi) is 4.42. The summed E-state index contributed by atoms with van der Waals surface area (Å²) in [5, 5.41) is 3.69. The lowest BCUT2D eigenvalue weighted by atomic mass is 9.84. The Labute approximate surface area is 103 Å². The van der Waals surface area contributed by atoms with Crippen molar-refractivity contribution in [1.29, 1.82) is 0 Å². The first-order valence-corrected chi connectivity index (χ1v) is 7.36. The topological polar surface area (TPSA) is 12.0 Å². The fourth-order valence-electron chi connectivity index (χ4n) is 2.64. The van der Waals surface area contributed by atoms with Crippen LogP contribution in [0.5, 0.6) is 0 Å². The van der Waals surface area contributed by atoms with E-state index in [0.717, 1.165) is 12.5 Å². The Hall–Kier alpha value is -0.340. The molecule has 2 rings (SSSR count). The molecule has 0 aromatic carbocycles. The second kappa shape index (κ2) is 5.83. The maximum Gasteiger partial charge on any atom is 0.0302 e. The van der Waals surface area contributed by atoms with Crippen molar-refractivity contribution in [2.75, 3.05) is 0 Å². The molecule has 1 aliphatic carbocycles. The molecule has 0 amide bonds. The summed E-state index contributed by atoms with van der Waals surface area (Å²) in [5.41, 5.74) is 0. The average molecular weight is 237 g/mol. The first kappa shape index (κ1) is 12.1. The largest absolute Gasteiger partial charge is 0.309 e. The predicted octanol–water partition coefficient (Wildman–Crippen LogP) is 4.11. The normalized spacial score (nSPS) is 19.9. The van der Waals surface area contributed by atoms with Crippen molar-refractivity contribution in [2.45, 2.75) is 58.5 Å². The molecule has 90 valence electrons. The number of aryl methyl sites for hydroxylation is 1. The highest BCUT2D eigenvalue weighted by Gasteiger charge is 2.19. The van der Waals surface area contributed by atoms with Gasteiger partial charge in [0.1, 0.15) is 0 Å². The molecule has 16 heavy (non-hydrogen) atoms. The fraction of sp³-hybridized carbons (Fsp3) is 0.714. The van der Waals surface area contributed by atoms with Gasteiger partial charge in [-0.15, -0.1) is 11.3 Å². The van der Waals surface area contributed by atoms with Crippen molar-refractivity contribution in [3.05, 3.63) is 21.9 Å². The van der Waals surface area contributed by atoms with Crippen LogP contribution in [0, 0.1) is 12.8 Å². The van der Waals surface area contributed by atoms with Crippen LogP contribution >= 0.6 is 11.3 Å². The SMILES string of the molecule is Cc1ccc(CNC(C)C2CCCCC2)s1. The van der Waals surface area contributed by atoms with Gasteiger partial charge in [-0.2, -0.15) is 0 Å². The molecule has 1 nitrogen and oxygen atoms in total. The van der Waals surface area contributed by atoms with E-state index in [0.29, 0.717) is 6.04 Å². The lowest BCUT2D eigenvalue weighted by molar-refractivity contribution is 0.281. The van der Waals surface area contributed by atoms with Gasteiger partial charge < -0.3 is 5.32 Å². The number of hydrogen-bond acceptors (Lipinski definition) is 2. The van der Waals surface area contributed by atoms with Crippen molar-refractivity contribution >= 4 is 11.3 Å². The lowest BCUT2D eigenvalue weighted by Crippen LogP contribution is -2.33. The minimum Gasteiger partial charge on any atom is -0.309 e. The highest BCUT2D eigenvalue weighted by molar-refractivity contribution is 7.11. The van der Waals surface area contributed by atoms with Gasteiger partial charge >= 0.3 is 0 Å². The monoisotopic (exact) mass is 237 g/mol. The van der Waals surface area contributed by atoms with E-state index in [4.69, 9.17) is 0 Å². The van der Waals surface area contributed by atoms with Gasteiger partial charge in [0.25, 0.3) is 0 Å². The molecule has 1 aromatic heterocycles. The molecule has 1 unspecified atom stereocenters. The summed E-state index contributed by atoms with van der Waals surface area (Å²) in [6.07, 6.45) is 7.19. The van der Waals surface area contributed by atoms with E-state index >= 15 is 0 Å². The minimum absolute atomic E-state index is 0.683. The summed E-state index contributed by atoms with van der Waals surface area (Å²) >= 11 is 1.91. The Balaban J connectivity index is 1.76. The zero-order valence-electron chi connectivity index (χ0n) is 10.5. The Bertz CT molecular complexity index is 312. The predicted molar refractivity (Wildman–Crippen MR) is 71.9 cm³/mol. The lowest BCUT2D eigenvalue weighted by Gasteiger charge is -2.28. The van der Waals surface area contributed by atoms with Crippen LogP contribution in [0.1, 0.15) is 48.8 Å². The van der Waals surface area contributed by atoms with Gasteiger partial charge in [-0.05, 0) is 44.7 Å². The summed E-state index contributed by atoms with van der Waals surface area (Å²) in [5.74, 6) is 0.912. The Morgan fingerprint density at radius 1 is 1.31 bits per heavy atom. The fourth-order valence-corrected chi connectivity index (χ4v) is 3.48. The van der Waals surface area contributed by atoms with Crippen LogP contribution in [0.3, 0.4) is 0 Å². The van der Waals surface area contributed by atoms with E-state index in [9.17, 15) is 0 Å². The van der Waals surface area contributed by atoms with Crippen LogP contribution < -0.4 is 5.32 Å². The Morgan fingerprint density at radius 2 is 2.06 bits per heavy atom. The zero-order valence-corrected chi connectivity index (χ0v) is 11.3. The van der Waals surface area contributed by atoms with Gasteiger partial charge in [0.15, 0.2) is 0 Å². The van der Waals surface area contributed by atoms with Gasteiger partial charge in [-0.1, -0.05) is 19.3 Å². The summed E-state index contributed by atoms with van der Waals surface area (Å²) in [4.78, 5) is 2.89. The van der Waals surface area contributed by atoms with Crippen LogP contribution in [0.2, 0.25) is 0 Å². The Morgan fingerprint density at radius 3 is 2.69 bits per heavy atom. The van der Waals surface area contributed by atoms with E-state index in [1.54, 1.807) is 0 Å². The van der Waals surface area contributed by atoms with E-state index in [-0.39, 0.29) is 0 Å². The molecule has 1 atom stereocenters. The minimum atomic E-state index is 0.683. The first-order chi connectivity index (χ1) is 7.75. The number of rotatable bonds is 4. The summed E-state index contributed by atoms with van der Waals surface area (Å²) < 4.78 is 0. The quantitative estimate of drug-likeness (QED) is 0.831. The molecule has 1 aliphatic rings. The summed E-state index contributed by atoms with van der Waals surface area (Å²) in [6.45, 7) is 5.59. The van der Waals surface area contributed by atoms with Crippen LogP contribution in [0.15, 0.2) is 12.1 Å². The standard InChI is InChI=1S/C14H23NS/c1-11-8-9-14(16-11)10-15-12(2)13-6-4-3-5-7-13/h8-9,12-13,15H,3-7,10H2,1-2H3. The molecule has 0 aliphatic heterocycles. The molecule has 0 spiro atoms. The molecule has 1 saturated carbocycles. The second-order valence-electron chi connectivity index (χ2n) is 5.08. The number of nitrogens with one attached hydrogen (secondary N) is 1. The van der Waals surface area contributed by atoms with E-state index in [1.807, 2.05) is 11.3 Å². The molecule has 0 radical (unpaired) electrons. The van der Waals surface area contributed by atoms with Gasteiger partial charge in [-0.3, -0.25) is 0 Å². The van der Waals surface area contributed by atoms with Crippen molar-refractivity contribution in [3.63, 3.8) is 0 Å². The summed E-state index contributed by atoms with van der Waals surface area (Å²) in [6, 6.07) is 5.15. The van der Waals surface area contributed by atoms with Crippen LogP contribution in [-0.4, -0.2) is 6.04 Å². The highest BCUT2D eigenvalue weighted by Crippen LogP contribution is 2.26. The van der Waals surface area contributed by atoms with E-state index in [2.05, 4.69) is 31.3 Å². The molecule has 1 heterocycles. The van der Waals surface area contributed by atoms with Gasteiger partial charge in [0.05, 0.1) is 0 Å². The molecule has 1 fully saturated rings. The molecule has 1 aromatic rings. The van der Waals surface area contributed by atoms with Crippen LogP contribution in [0.25, 0.3) is 0 Å². The maximum absolute atomic E-state index is 3.69. The van der Waals surface area contributed by atoms with Crippen molar-refractivity contribution in [1.82, 2.24) is 5.32 Å². The van der Waals surface area contributed by atoms with E-state index in [1.165, 1.54) is 41.9 Å². The maximum atomic E-state index is 3.69. The zero-order chi connectivity index (χ0) is 11.4. The number of hydrogen-bond donors (Lipinski definition) is 1. The van der Waals surface area contributed by atoms with Gasteiger partial charge in [0, 0.05) is 22.3 Å². The van der Waals surface area contributed by atoms with Gasteiger partial charge in [0.2, 0.25) is 0 Å². The third kappa shape index (κ3) is 3.33. The first-order valence-electron chi connectivity index (χ1n) is 6.54. The van der Waals surface area contributed by atoms with Crippen LogP contribution in [0.4, 0.5) is 0 Å². The summed E-state index contributed by atoms with van der Waals surface area (Å²) in [7, 11) is 0. The van der Waals surface area contributed by atoms with E-state index < -0.39 is 0 Å². The van der Waals surface area contributed by atoms with Crippen LogP contribution in [-0.2, 0) is 6.54 Å². The third-order valence-corrected chi connectivity index (χ3v) is 4.75. The smallest absolute Gasteiger partial charge is 0.0302 e. The molecular weight excluding hydrogens is 214 g/mol.